The second-order valence-electron chi connectivity index (χ2n) is 5.69. The Labute approximate surface area is 101 Å². The number of hydrogen-bond acceptors (Lipinski definition) is 4. The smallest absolute Gasteiger partial charge is 0.317 e. The van der Waals surface area contributed by atoms with Crippen LogP contribution in [0.25, 0.3) is 0 Å². The zero-order valence-corrected chi connectivity index (χ0v) is 9.83. The van der Waals surface area contributed by atoms with Gasteiger partial charge in [-0.3, -0.25) is 4.90 Å². The van der Waals surface area contributed by atoms with E-state index >= 15 is 0 Å². The lowest BCUT2D eigenvalue weighted by atomic mass is 9.67. The molecule has 1 saturated carbocycles. The first-order valence-electron chi connectivity index (χ1n) is 6.56. The quantitative estimate of drug-likeness (QED) is 0.774. The highest BCUT2D eigenvalue weighted by atomic mass is 16.5. The molecule has 0 N–H and O–H groups in total. The molecule has 4 nitrogen and oxygen atoms in total. The van der Waals surface area contributed by atoms with Crippen LogP contribution in [0.1, 0.15) is 19.3 Å². The summed E-state index contributed by atoms with van der Waals surface area (Å²) in [5.41, 5.74) is 0. The van der Waals surface area contributed by atoms with Crippen molar-refractivity contribution in [2.75, 3.05) is 13.1 Å². The lowest BCUT2D eigenvalue weighted by Crippen LogP contribution is -2.61. The van der Waals surface area contributed by atoms with Gasteiger partial charge in [0, 0.05) is 31.4 Å². The molecule has 3 aliphatic heterocycles. The van der Waals surface area contributed by atoms with Gasteiger partial charge < -0.3 is 4.74 Å². The second-order valence-corrected chi connectivity index (χ2v) is 5.69. The molecule has 17 heavy (non-hydrogen) atoms. The van der Waals surface area contributed by atoms with Crippen LogP contribution in [0.5, 0.6) is 6.01 Å². The summed E-state index contributed by atoms with van der Waals surface area (Å²) in [7, 11) is 0. The Hall–Kier alpha value is -1.16. The van der Waals surface area contributed by atoms with E-state index in [0.717, 1.165) is 11.8 Å². The molecule has 3 atom stereocenters. The molecule has 0 radical (unpaired) electrons. The van der Waals surface area contributed by atoms with E-state index in [0.29, 0.717) is 11.9 Å². The Morgan fingerprint density at radius 2 is 1.76 bits per heavy atom. The average molecular weight is 231 g/mol. The van der Waals surface area contributed by atoms with Crippen LogP contribution in [0.2, 0.25) is 0 Å². The number of rotatable bonds is 2. The maximum Gasteiger partial charge on any atom is 0.317 e. The van der Waals surface area contributed by atoms with E-state index < -0.39 is 0 Å². The van der Waals surface area contributed by atoms with E-state index in [1.54, 1.807) is 12.4 Å². The van der Waals surface area contributed by atoms with Gasteiger partial charge in [0.1, 0.15) is 0 Å². The molecule has 4 heterocycles. The Morgan fingerprint density at radius 3 is 2.41 bits per heavy atom. The maximum absolute atomic E-state index is 5.99. The van der Waals surface area contributed by atoms with Crippen molar-refractivity contribution < 1.29 is 4.74 Å². The van der Waals surface area contributed by atoms with Crippen molar-refractivity contribution in [3.63, 3.8) is 0 Å². The summed E-state index contributed by atoms with van der Waals surface area (Å²) in [6.07, 6.45) is 7.84. The third-order valence-corrected chi connectivity index (χ3v) is 4.46. The SMILES string of the molecule is c1cnc(OC2C3CC4CC(C3)CN2C4)nc1. The molecule has 4 bridgehead atoms. The maximum atomic E-state index is 5.99. The first-order valence-corrected chi connectivity index (χ1v) is 6.56. The Morgan fingerprint density at radius 1 is 1.06 bits per heavy atom. The lowest BCUT2D eigenvalue weighted by Gasteiger charge is -2.55. The van der Waals surface area contributed by atoms with Crippen LogP contribution in [-0.2, 0) is 0 Å². The van der Waals surface area contributed by atoms with E-state index in [-0.39, 0.29) is 6.23 Å². The van der Waals surface area contributed by atoms with Gasteiger partial charge in [-0.15, -0.1) is 0 Å². The molecule has 90 valence electrons. The third kappa shape index (κ3) is 1.62. The molecule has 4 heteroatoms. The predicted molar refractivity (Wildman–Crippen MR) is 62.3 cm³/mol. The van der Waals surface area contributed by atoms with Crippen molar-refractivity contribution in [1.29, 1.82) is 0 Å². The minimum atomic E-state index is 0.227. The molecule has 0 spiro atoms. The Kier molecular flexibility index (Phi) is 2.12. The van der Waals surface area contributed by atoms with E-state index in [1.165, 1.54) is 32.4 Å². The first-order chi connectivity index (χ1) is 8.38. The van der Waals surface area contributed by atoms with Crippen LogP contribution < -0.4 is 4.74 Å². The van der Waals surface area contributed by atoms with Crippen molar-refractivity contribution in [3.8, 4) is 6.01 Å². The molecule has 1 aromatic rings. The van der Waals surface area contributed by atoms with Crippen LogP contribution in [0.4, 0.5) is 0 Å². The van der Waals surface area contributed by atoms with Gasteiger partial charge in [-0.25, -0.2) is 9.97 Å². The number of aromatic nitrogens is 2. The van der Waals surface area contributed by atoms with E-state index in [2.05, 4.69) is 14.9 Å². The standard InChI is InChI=1S/C13H17N3O/c1-2-14-13(15-3-1)17-12-11-5-9-4-10(6-11)8-16(12)7-9/h1-3,9-12H,4-8H2. The first kappa shape index (κ1) is 9.83. The van der Waals surface area contributed by atoms with Gasteiger partial charge in [-0.05, 0) is 37.2 Å². The molecule has 5 rings (SSSR count). The van der Waals surface area contributed by atoms with Gasteiger partial charge in [0.15, 0.2) is 6.23 Å². The summed E-state index contributed by atoms with van der Waals surface area (Å²) in [5.74, 6) is 2.54. The van der Waals surface area contributed by atoms with Gasteiger partial charge in [0.2, 0.25) is 0 Å². The van der Waals surface area contributed by atoms with Crippen LogP contribution in [0.15, 0.2) is 18.5 Å². The fraction of sp³-hybridized carbons (Fsp3) is 0.692. The molecular weight excluding hydrogens is 214 g/mol. The highest BCUT2D eigenvalue weighted by molar-refractivity contribution is 5.01. The summed E-state index contributed by atoms with van der Waals surface area (Å²) >= 11 is 0. The highest BCUT2D eigenvalue weighted by Gasteiger charge is 2.48. The number of piperidine rings is 3. The molecule has 1 aliphatic carbocycles. The van der Waals surface area contributed by atoms with Crippen molar-refractivity contribution in [2.45, 2.75) is 25.5 Å². The molecule has 3 unspecified atom stereocenters. The lowest BCUT2D eigenvalue weighted by molar-refractivity contribution is -0.145. The molecule has 0 aromatic carbocycles. The summed E-state index contributed by atoms with van der Waals surface area (Å²) in [6.45, 7) is 2.43. The molecule has 4 aliphatic rings. The van der Waals surface area contributed by atoms with Gasteiger partial charge in [0.25, 0.3) is 0 Å². The molecule has 0 amide bonds. The largest absolute Gasteiger partial charge is 0.444 e. The third-order valence-electron chi connectivity index (χ3n) is 4.46. The van der Waals surface area contributed by atoms with Crippen molar-refractivity contribution >= 4 is 0 Å². The normalized spacial score (nSPS) is 42.7. The zero-order valence-electron chi connectivity index (χ0n) is 9.83. The monoisotopic (exact) mass is 231 g/mol. The zero-order chi connectivity index (χ0) is 11.2. The van der Waals surface area contributed by atoms with Crippen LogP contribution >= 0.6 is 0 Å². The molecule has 4 fully saturated rings. The second kappa shape index (κ2) is 3.67. The molecule has 3 saturated heterocycles. The topological polar surface area (TPSA) is 38.2 Å². The Bertz CT molecular complexity index is 380. The van der Waals surface area contributed by atoms with Gasteiger partial charge in [-0.1, -0.05) is 0 Å². The van der Waals surface area contributed by atoms with E-state index in [9.17, 15) is 0 Å². The summed E-state index contributed by atoms with van der Waals surface area (Å²) < 4.78 is 5.99. The van der Waals surface area contributed by atoms with Crippen LogP contribution in [0.3, 0.4) is 0 Å². The van der Waals surface area contributed by atoms with Gasteiger partial charge in [0.05, 0.1) is 0 Å². The minimum absolute atomic E-state index is 0.227. The molecular formula is C13H17N3O. The van der Waals surface area contributed by atoms with Crippen molar-refractivity contribution in [1.82, 2.24) is 14.9 Å². The summed E-state index contributed by atoms with van der Waals surface area (Å²) in [4.78, 5) is 10.8. The highest BCUT2D eigenvalue weighted by Crippen LogP contribution is 2.46. The number of nitrogens with zero attached hydrogens (tertiary/aromatic N) is 3. The fourth-order valence-electron chi connectivity index (χ4n) is 4.02. The summed E-state index contributed by atoms with van der Waals surface area (Å²) in [6, 6.07) is 2.36. The van der Waals surface area contributed by atoms with Crippen molar-refractivity contribution in [2.24, 2.45) is 17.8 Å². The minimum Gasteiger partial charge on any atom is -0.444 e. The summed E-state index contributed by atoms with van der Waals surface area (Å²) in [5, 5.41) is 0. The Balaban J connectivity index is 1.55. The van der Waals surface area contributed by atoms with E-state index in [4.69, 9.17) is 4.74 Å². The van der Waals surface area contributed by atoms with Gasteiger partial charge >= 0.3 is 6.01 Å². The van der Waals surface area contributed by atoms with Crippen LogP contribution in [-0.4, -0.2) is 34.2 Å². The van der Waals surface area contributed by atoms with E-state index in [1.807, 2.05) is 6.07 Å². The predicted octanol–water partition coefficient (Wildman–Crippen LogP) is 1.54. The number of ether oxygens (including phenoxy) is 1. The van der Waals surface area contributed by atoms with Crippen molar-refractivity contribution in [3.05, 3.63) is 18.5 Å². The molecule has 1 aromatic heterocycles. The number of hydrogen-bond donors (Lipinski definition) is 0. The van der Waals surface area contributed by atoms with Gasteiger partial charge in [-0.2, -0.15) is 0 Å². The fourth-order valence-corrected chi connectivity index (χ4v) is 4.02. The van der Waals surface area contributed by atoms with Crippen LogP contribution in [0, 0.1) is 17.8 Å². The average Bonchev–Trinajstić information content (AvgIpc) is 2.34.